The third kappa shape index (κ3) is 2.32. The number of hydrogen-bond donors (Lipinski definition) is 0. The van der Waals surface area contributed by atoms with E-state index in [-0.39, 0.29) is 11.6 Å². The van der Waals surface area contributed by atoms with Gasteiger partial charge in [0.2, 0.25) is 5.78 Å². The molecule has 0 unspecified atom stereocenters. The summed E-state index contributed by atoms with van der Waals surface area (Å²) in [6, 6.07) is 6.09. The Bertz CT molecular complexity index is 575. The number of benzene rings is 1. The van der Waals surface area contributed by atoms with E-state index >= 15 is 0 Å². The molecule has 0 fully saturated rings. The quantitative estimate of drug-likeness (QED) is 0.777. The van der Waals surface area contributed by atoms with Crippen LogP contribution in [0.2, 0.25) is 0 Å². The van der Waals surface area contributed by atoms with E-state index in [9.17, 15) is 9.18 Å². The van der Waals surface area contributed by atoms with Crippen molar-refractivity contribution in [2.75, 3.05) is 0 Å². The number of halogens is 1. The molecule has 4 heteroatoms. The highest BCUT2D eigenvalue weighted by Gasteiger charge is 2.14. The van der Waals surface area contributed by atoms with Crippen molar-refractivity contribution in [2.45, 2.75) is 26.8 Å². The third-order valence-corrected chi connectivity index (χ3v) is 2.80. The largest absolute Gasteiger partial charge is 0.287 e. The van der Waals surface area contributed by atoms with Gasteiger partial charge < -0.3 is 0 Å². The molecule has 0 bridgehead atoms. The topological polar surface area (TPSA) is 34.9 Å². The summed E-state index contributed by atoms with van der Waals surface area (Å²) in [4.78, 5) is 12.3. The number of carbonyl (C=O) groups excluding carboxylic acids is 1. The highest BCUT2D eigenvalue weighted by molar-refractivity contribution is 6.07. The Kier molecular flexibility index (Phi) is 3.55. The van der Waals surface area contributed by atoms with Crippen LogP contribution in [0.4, 0.5) is 4.39 Å². The molecule has 0 radical (unpaired) electrons. The Labute approximate surface area is 105 Å². The fraction of sp³-hybridized carbons (Fsp3) is 0.286. The summed E-state index contributed by atoms with van der Waals surface area (Å²) in [7, 11) is 0. The molecule has 0 aliphatic heterocycles. The van der Waals surface area contributed by atoms with Gasteiger partial charge in [0.15, 0.2) is 0 Å². The Balaban J connectivity index is 2.35. The summed E-state index contributed by atoms with van der Waals surface area (Å²) in [6.45, 7) is 4.38. The van der Waals surface area contributed by atoms with Gasteiger partial charge in [0.1, 0.15) is 11.5 Å². The molecule has 94 valence electrons. The van der Waals surface area contributed by atoms with Gasteiger partial charge in [-0.05, 0) is 43.2 Å². The summed E-state index contributed by atoms with van der Waals surface area (Å²) in [5, 5.41) is 4.11. The lowest BCUT2D eigenvalue weighted by Gasteiger charge is -2.06. The second-order valence-electron chi connectivity index (χ2n) is 4.23. The van der Waals surface area contributed by atoms with Gasteiger partial charge in [-0.1, -0.05) is 6.92 Å². The average molecular weight is 246 g/mol. The Morgan fingerprint density at radius 2 is 2.17 bits per heavy atom. The van der Waals surface area contributed by atoms with E-state index in [2.05, 4.69) is 5.10 Å². The van der Waals surface area contributed by atoms with Crippen molar-refractivity contribution in [1.82, 2.24) is 9.78 Å². The Morgan fingerprint density at radius 3 is 2.83 bits per heavy atom. The highest BCUT2D eigenvalue weighted by atomic mass is 19.1. The lowest BCUT2D eigenvalue weighted by Crippen LogP contribution is -2.11. The molecule has 2 rings (SSSR count). The van der Waals surface area contributed by atoms with Crippen LogP contribution in [-0.2, 0) is 6.54 Å². The minimum Gasteiger partial charge on any atom is -0.287 e. The summed E-state index contributed by atoms with van der Waals surface area (Å²) in [6.07, 6.45) is 2.52. The van der Waals surface area contributed by atoms with Gasteiger partial charge in [-0.3, -0.25) is 9.48 Å². The van der Waals surface area contributed by atoms with Crippen LogP contribution in [-0.4, -0.2) is 15.6 Å². The van der Waals surface area contributed by atoms with Crippen molar-refractivity contribution in [2.24, 2.45) is 0 Å². The number of hydrogen-bond acceptors (Lipinski definition) is 2. The predicted octanol–water partition coefficient (Wildman–Crippen LogP) is 2.97. The number of nitrogens with zero attached hydrogens (tertiary/aromatic N) is 2. The second-order valence-corrected chi connectivity index (χ2v) is 4.23. The van der Waals surface area contributed by atoms with Crippen LogP contribution in [0.5, 0.6) is 0 Å². The lowest BCUT2D eigenvalue weighted by atomic mass is 10.1. The van der Waals surface area contributed by atoms with Crippen molar-refractivity contribution in [1.29, 1.82) is 0 Å². The molecule has 1 aromatic heterocycles. The Hall–Kier alpha value is -1.97. The van der Waals surface area contributed by atoms with Gasteiger partial charge in [-0.2, -0.15) is 5.10 Å². The number of ketones is 1. The van der Waals surface area contributed by atoms with Crippen molar-refractivity contribution in [3.63, 3.8) is 0 Å². The zero-order valence-electron chi connectivity index (χ0n) is 10.5. The average Bonchev–Trinajstić information content (AvgIpc) is 2.80. The molecule has 2 aromatic rings. The number of carbonyl (C=O) groups is 1. The van der Waals surface area contributed by atoms with Crippen LogP contribution in [0.1, 0.15) is 35.0 Å². The highest BCUT2D eigenvalue weighted by Crippen LogP contribution is 2.14. The number of aryl methyl sites for hydroxylation is 2. The maximum Gasteiger partial charge on any atom is 0.211 e. The first-order valence-corrected chi connectivity index (χ1v) is 5.96. The SMILES string of the molecule is CCCn1nccc1C(=O)c1ccc(F)c(C)c1. The molecular formula is C14H15FN2O. The number of aromatic nitrogens is 2. The Morgan fingerprint density at radius 1 is 1.39 bits per heavy atom. The molecule has 3 nitrogen and oxygen atoms in total. The molecule has 0 saturated carbocycles. The zero-order valence-corrected chi connectivity index (χ0v) is 10.5. The fourth-order valence-electron chi connectivity index (χ4n) is 1.85. The van der Waals surface area contributed by atoms with E-state index in [0.29, 0.717) is 23.4 Å². The summed E-state index contributed by atoms with van der Waals surface area (Å²) in [5.41, 5.74) is 1.51. The van der Waals surface area contributed by atoms with Crippen LogP contribution in [0.3, 0.4) is 0 Å². The normalized spacial score (nSPS) is 10.6. The van der Waals surface area contributed by atoms with Gasteiger partial charge in [-0.25, -0.2) is 4.39 Å². The maximum absolute atomic E-state index is 13.2. The van der Waals surface area contributed by atoms with E-state index in [1.54, 1.807) is 29.9 Å². The van der Waals surface area contributed by atoms with Gasteiger partial charge in [0, 0.05) is 18.3 Å². The predicted molar refractivity (Wildman–Crippen MR) is 67.1 cm³/mol. The van der Waals surface area contributed by atoms with Crippen LogP contribution in [0.15, 0.2) is 30.5 Å². The van der Waals surface area contributed by atoms with E-state index in [1.807, 2.05) is 6.92 Å². The second kappa shape index (κ2) is 5.12. The van der Waals surface area contributed by atoms with E-state index < -0.39 is 0 Å². The monoisotopic (exact) mass is 246 g/mol. The molecule has 0 aliphatic carbocycles. The standard InChI is InChI=1S/C14H15FN2O/c1-3-8-17-13(6-7-16-17)14(18)11-4-5-12(15)10(2)9-11/h4-7,9H,3,8H2,1-2H3. The van der Waals surface area contributed by atoms with Gasteiger partial charge >= 0.3 is 0 Å². The van der Waals surface area contributed by atoms with Gasteiger partial charge in [0.25, 0.3) is 0 Å². The lowest BCUT2D eigenvalue weighted by molar-refractivity contribution is 0.102. The van der Waals surface area contributed by atoms with Crippen LogP contribution in [0, 0.1) is 12.7 Å². The molecule has 0 spiro atoms. The fourth-order valence-corrected chi connectivity index (χ4v) is 1.85. The van der Waals surface area contributed by atoms with Gasteiger partial charge in [0.05, 0.1) is 0 Å². The number of rotatable bonds is 4. The molecule has 1 heterocycles. The van der Waals surface area contributed by atoms with E-state index in [1.165, 1.54) is 12.1 Å². The van der Waals surface area contributed by atoms with Crippen LogP contribution in [0.25, 0.3) is 0 Å². The van der Waals surface area contributed by atoms with Crippen molar-refractivity contribution < 1.29 is 9.18 Å². The smallest absolute Gasteiger partial charge is 0.211 e. The first kappa shape index (κ1) is 12.5. The van der Waals surface area contributed by atoms with Crippen LogP contribution < -0.4 is 0 Å². The molecule has 0 aliphatic rings. The molecule has 0 N–H and O–H groups in total. The van der Waals surface area contributed by atoms with Crippen LogP contribution >= 0.6 is 0 Å². The third-order valence-electron chi connectivity index (χ3n) is 2.80. The molecule has 0 saturated heterocycles. The molecule has 1 aromatic carbocycles. The summed E-state index contributed by atoms with van der Waals surface area (Å²) in [5.74, 6) is -0.419. The maximum atomic E-state index is 13.2. The molecule has 0 atom stereocenters. The first-order valence-electron chi connectivity index (χ1n) is 5.96. The van der Waals surface area contributed by atoms with Crippen molar-refractivity contribution >= 4 is 5.78 Å². The minimum atomic E-state index is -0.298. The zero-order chi connectivity index (χ0) is 13.1. The minimum absolute atomic E-state index is 0.121. The molecule has 18 heavy (non-hydrogen) atoms. The molecular weight excluding hydrogens is 231 g/mol. The van der Waals surface area contributed by atoms with E-state index in [0.717, 1.165) is 6.42 Å². The first-order chi connectivity index (χ1) is 8.63. The van der Waals surface area contributed by atoms with Crippen molar-refractivity contribution in [3.8, 4) is 0 Å². The van der Waals surface area contributed by atoms with E-state index in [4.69, 9.17) is 0 Å². The summed E-state index contributed by atoms with van der Waals surface area (Å²) < 4.78 is 14.9. The summed E-state index contributed by atoms with van der Waals surface area (Å²) >= 11 is 0. The molecule has 0 amide bonds. The van der Waals surface area contributed by atoms with Gasteiger partial charge in [-0.15, -0.1) is 0 Å². The van der Waals surface area contributed by atoms with Crippen molar-refractivity contribution in [3.05, 3.63) is 53.1 Å².